The van der Waals surface area contributed by atoms with Crippen molar-refractivity contribution in [3.05, 3.63) is 39.6 Å². The molecule has 1 aromatic rings. The first kappa shape index (κ1) is 22.9. The van der Waals surface area contributed by atoms with E-state index in [0.29, 0.717) is 11.8 Å². The minimum atomic E-state index is -0.249. The highest BCUT2D eigenvalue weighted by Gasteiger charge is 2.20. The van der Waals surface area contributed by atoms with E-state index in [4.69, 9.17) is 11.6 Å². The number of nitrogens with one attached hydrogen (secondary N) is 1. The van der Waals surface area contributed by atoms with Crippen LogP contribution in [0.4, 0.5) is 0 Å². The lowest BCUT2D eigenvalue weighted by atomic mass is 9.95. The molecule has 4 nitrogen and oxygen atoms in total. The number of carbonyl (C=O) groups is 1. The Balaban J connectivity index is 2.33. The van der Waals surface area contributed by atoms with Crippen LogP contribution >= 0.6 is 34.7 Å². The van der Waals surface area contributed by atoms with Crippen molar-refractivity contribution in [3.8, 4) is 0 Å². The van der Waals surface area contributed by atoms with Gasteiger partial charge in [-0.25, -0.2) is 0 Å². The normalized spacial score (nSPS) is 18.9. The van der Waals surface area contributed by atoms with Gasteiger partial charge in [-0.2, -0.15) is 22.0 Å². The fourth-order valence-electron chi connectivity index (χ4n) is 3.07. The summed E-state index contributed by atoms with van der Waals surface area (Å²) in [7, 11) is 1.58. The van der Waals surface area contributed by atoms with E-state index in [0.717, 1.165) is 29.0 Å². The van der Waals surface area contributed by atoms with Crippen LogP contribution in [-0.2, 0) is 4.79 Å². The summed E-state index contributed by atoms with van der Waals surface area (Å²) < 4.78 is 0. The molecule has 0 spiro atoms. The number of alkyl halides is 1. The maximum absolute atomic E-state index is 11.5. The van der Waals surface area contributed by atoms with Gasteiger partial charge in [0.15, 0.2) is 0 Å². The standard InChI is InChI=1S/C21H28ClN3OS2/c1-4-17(8-5-9-22)20-12-18(15(2)28-20)19(25-24-13-21(26)23-3)11-16-7-6-10-27-14-16/h4-5,8,12-13,16H,6-7,9-11,14H2,1-3H3,(H,23,26)/b8-5-,17-4+,24-13+,25-19-. The second kappa shape index (κ2) is 12.2. The van der Waals surface area contributed by atoms with Crippen molar-refractivity contribution in [2.24, 2.45) is 16.1 Å². The van der Waals surface area contributed by atoms with Gasteiger partial charge in [0, 0.05) is 28.2 Å². The average Bonchev–Trinajstić information content (AvgIpc) is 3.09. The molecule has 1 fully saturated rings. The van der Waals surface area contributed by atoms with Gasteiger partial charge in [-0.3, -0.25) is 4.79 Å². The summed E-state index contributed by atoms with van der Waals surface area (Å²) in [5.74, 6) is 3.26. The van der Waals surface area contributed by atoms with Gasteiger partial charge >= 0.3 is 0 Å². The van der Waals surface area contributed by atoms with Crippen molar-refractivity contribution in [1.82, 2.24) is 5.32 Å². The Labute approximate surface area is 181 Å². The summed E-state index contributed by atoms with van der Waals surface area (Å²) in [6, 6.07) is 2.19. The molecule has 2 heterocycles. The van der Waals surface area contributed by atoms with Crippen molar-refractivity contribution in [3.63, 3.8) is 0 Å². The number of hydrogen-bond acceptors (Lipinski definition) is 5. The van der Waals surface area contributed by atoms with E-state index >= 15 is 0 Å². The second-order valence-corrected chi connectivity index (χ2v) is 9.29. The topological polar surface area (TPSA) is 53.8 Å². The van der Waals surface area contributed by atoms with Crippen molar-refractivity contribution in [2.45, 2.75) is 33.1 Å². The summed E-state index contributed by atoms with van der Waals surface area (Å²) in [5, 5.41) is 11.0. The number of hydrogen-bond donors (Lipinski definition) is 1. The number of allylic oxidation sites excluding steroid dienone is 4. The van der Waals surface area contributed by atoms with Crippen LogP contribution in [0.1, 0.15) is 41.5 Å². The summed E-state index contributed by atoms with van der Waals surface area (Å²) in [5.41, 5.74) is 3.24. The molecule has 1 aliphatic heterocycles. The summed E-state index contributed by atoms with van der Waals surface area (Å²) >= 11 is 9.57. The third-order valence-corrected chi connectivity index (χ3v) is 7.11. The largest absolute Gasteiger partial charge is 0.354 e. The Morgan fingerprint density at radius 2 is 2.29 bits per heavy atom. The van der Waals surface area contributed by atoms with Crippen LogP contribution in [0.15, 0.2) is 34.5 Å². The molecule has 0 saturated carbocycles. The average molecular weight is 438 g/mol. The number of carbonyl (C=O) groups excluding carboxylic acids is 1. The molecular weight excluding hydrogens is 410 g/mol. The molecule has 152 valence electrons. The zero-order valence-corrected chi connectivity index (χ0v) is 19.1. The fourth-order valence-corrected chi connectivity index (χ4v) is 5.41. The highest BCUT2D eigenvalue weighted by atomic mass is 35.5. The zero-order chi connectivity index (χ0) is 20.4. The molecule has 2 rings (SSSR count). The van der Waals surface area contributed by atoms with Crippen molar-refractivity contribution >= 4 is 58.1 Å². The first-order valence-electron chi connectivity index (χ1n) is 9.48. The molecule has 1 atom stereocenters. The number of amides is 1. The highest BCUT2D eigenvalue weighted by Crippen LogP contribution is 2.32. The van der Waals surface area contributed by atoms with E-state index < -0.39 is 0 Å². The molecular formula is C21H28ClN3OS2. The van der Waals surface area contributed by atoms with Gasteiger partial charge in [0.25, 0.3) is 5.91 Å². The van der Waals surface area contributed by atoms with Gasteiger partial charge in [0.1, 0.15) is 6.21 Å². The second-order valence-electron chi connectivity index (χ2n) is 6.57. The Kier molecular flexibility index (Phi) is 10.0. The lowest BCUT2D eigenvalue weighted by Gasteiger charge is -2.21. The Morgan fingerprint density at radius 3 is 2.93 bits per heavy atom. The Hall–Kier alpha value is -1.37. The number of thioether (sulfide) groups is 1. The van der Waals surface area contributed by atoms with Crippen LogP contribution in [0.5, 0.6) is 0 Å². The lowest BCUT2D eigenvalue weighted by molar-refractivity contribution is -0.113. The van der Waals surface area contributed by atoms with Crippen molar-refractivity contribution in [2.75, 3.05) is 24.4 Å². The Morgan fingerprint density at radius 1 is 1.46 bits per heavy atom. The monoisotopic (exact) mass is 437 g/mol. The quantitative estimate of drug-likeness (QED) is 0.259. The molecule has 0 bridgehead atoms. The van der Waals surface area contributed by atoms with Gasteiger partial charge < -0.3 is 5.32 Å². The summed E-state index contributed by atoms with van der Waals surface area (Å²) in [4.78, 5) is 13.9. The molecule has 1 aromatic heterocycles. The smallest absolute Gasteiger partial charge is 0.264 e. The van der Waals surface area contributed by atoms with E-state index in [1.807, 2.05) is 24.8 Å². The van der Waals surface area contributed by atoms with Gasteiger partial charge in [-0.15, -0.1) is 22.9 Å². The predicted octanol–water partition coefficient (Wildman–Crippen LogP) is 5.31. The van der Waals surface area contributed by atoms with Crippen LogP contribution in [0.2, 0.25) is 0 Å². The van der Waals surface area contributed by atoms with E-state index in [1.165, 1.54) is 34.6 Å². The Bertz CT molecular complexity index is 775. The summed E-state index contributed by atoms with van der Waals surface area (Å²) in [6.45, 7) is 4.15. The third-order valence-electron chi connectivity index (χ3n) is 4.55. The van der Waals surface area contributed by atoms with Crippen LogP contribution < -0.4 is 5.32 Å². The number of halogens is 1. The van der Waals surface area contributed by atoms with E-state index in [2.05, 4.69) is 40.7 Å². The van der Waals surface area contributed by atoms with Crippen LogP contribution in [0, 0.1) is 12.8 Å². The SMILES string of the molecule is C/C=C(\C=C/CCl)c1cc(/C(CC2CCCSC2)=N\N=C\C(=O)NC)c(C)s1. The third kappa shape index (κ3) is 6.90. The summed E-state index contributed by atoms with van der Waals surface area (Å²) in [6.07, 6.45) is 10.7. The van der Waals surface area contributed by atoms with Gasteiger partial charge in [0.05, 0.1) is 5.71 Å². The minimum Gasteiger partial charge on any atom is -0.354 e. The molecule has 1 unspecified atom stereocenters. The van der Waals surface area contributed by atoms with Gasteiger partial charge in [0.2, 0.25) is 0 Å². The number of rotatable bonds is 8. The van der Waals surface area contributed by atoms with E-state index in [9.17, 15) is 4.79 Å². The van der Waals surface area contributed by atoms with Gasteiger partial charge in [-0.1, -0.05) is 18.2 Å². The van der Waals surface area contributed by atoms with Gasteiger partial charge in [-0.05, 0) is 62.2 Å². The maximum Gasteiger partial charge on any atom is 0.264 e. The van der Waals surface area contributed by atoms with Crippen molar-refractivity contribution in [1.29, 1.82) is 0 Å². The first-order chi connectivity index (χ1) is 13.6. The van der Waals surface area contributed by atoms with E-state index in [-0.39, 0.29) is 5.91 Å². The molecule has 1 amide bonds. The first-order valence-corrected chi connectivity index (χ1v) is 12.0. The molecule has 0 aromatic carbocycles. The molecule has 0 radical (unpaired) electrons. The van der Waals surface area contributed by atoms with E-state index in [1.54, 1.807) is 18.4 Å². The van der Waals surface area contributed by atoms with Crippen LogP contribution in [0.25, 0.3) is 5.57 Å². The molecule has 1 N–H and O–H groups in total. The van der Waals surface area contributed by atoms with Crippen molar-refractivity contribution < 1.29 is 4.79 Å². The maximum atomic E-state index is 11.5. The molecule has 28 heavy (non-hydrogen) atoms. The number of thiophene rings is 1. The minimum absolute atomic E-state index is 0.249. The highest BCUT2D eigenvalue weighted by molar-refractivity contribution is 7.99. The zero-order valence-electron chi connectivity index (χ0n) is 16.7. The predicted molar refractivity (Wildman–Crippen MR) is 126 cm³/mol. The molecule has 0 aliphatic carbocycles. The lowest BCUT2D eigenvalue weighted by Crippen LogP contribution is -2.18. The van der Waals surface area contributed by atoms with Crippen LogP contribution in [-0.4, -0.2) is 42.3 Å². The fraction of sp³-hybridized carbons (Fsp3) is 0.476. The molecule has 7 heteroatoms. The number of aryl methyl sites for hydroxylation is 1. The van der Waals surface area contributed by atoms with Crippen LogP contribution in [0.3, 0.4) is 0 Å². The molecule has 1 aliphatic rings. The number of nitrogens with zero attached hydrogens (tertiary/aromatic N) is 2. The molecule has 1 saturated heterocycles.